The quantitative estimate of drug-likeness (QED) is 0.804. The summed E-state index contributed by atoms with van der Waals surface area (Å²) in [6, 6.07) is 4.93. The lowest BCUT2D eigenvalue weighted by atomic mass is 9.94. The summed E-state index contributed by atoms with van der Waals surface area (Å²) in [4.78, 5) is 41.4. The monoisotopic (exact) mass is 369 g/mol. The van der Waals surface area contributed by atoms with Crippen LogP contribution in [0.1, 0.15) is 72.6 Å². The summed E-state index contributed by atoms with van der Waals surface area (Å²) in [6.45, 7) is 3.66. The highest BCUT2D eigenvalue weighted by Crippen LogP contribution is 2.32. The van der Waals surface area contributed by atoms with Gasteiger partial charge in [0.15, 0.2) is 0 Å². The van der Waals surface area contributed by atoms with Gasteiger partial charge in [-0.25, -0.2) is 4.79 Å². The number of piperidine rings is 1. The van der Waals surface area contributed by atoms with Crippen LogP contribution in [0.5, 0.6) is 0 Å². The molecule has 1 saturated carbocycles. The number of benzene rings is 1. The van der Waals surface area contributed by atoms with Gasteiger partial charge >= 0.3 is 6.03 Å². The zero-order valence-electron chi connectivity index (χ0n) is 15.9. The highest BCUT2D eigenvalue weighted by molar-refractivity contribution is 6.22. The number of urea groups is 1. The van der Waals surface area contributed by atoms with Crippen molar-refractivity contribution < 1.29 is 14.4 Å². The number of nitrogens with zero attached hydrogens (tertiary/aromatic N) is 2. The fraction of sp³-hybridized carbons (Fsp3) is 0.571. The van der Waals surface area contributed by atoms with Gasteiger partial charge in [-0.2, -0.15) is 0 Å². The van der Waals surface area contributed by atoms with Crippen LogP contribution in [0.25, 0.3) is 0 Å². The molecule has 1 atom stereocenters. The largest absolute Gasteiger partial charge is 0.324 e. The molecule has 4 rings (SSSR count). The summed E-state index contributed by atoms with van der Waals surface area (Å²) in [5.74, 6) is 0.0991. The van der Waals surface area contributed by atoms with E-state index in [4.69, 9.17) is 0 Å². The number of fused-ring (bicyclic) bond motifs is 1. The topological polar surface area (TPSA) is 69.7 Å². The first kappa shape index (κ1) is 18.0. The average molecular weight is 369 g/mol. The zero-order valence-corrected chi connectivity index (χ0v) is 15.9. The van der Waals surface area contributed by atoms with Crippen LogP contribution in [-0.2, 0) is 0 Å². The molecule has 27 heavy (non-hydrogen) atoms. The van der Waals surface area contributed by atoms with Crippen LogP contribution in [0.4, 0.5) is 10.5 Å². The number of likely N-dealkylation sites (tertiary alicyclic amines) is 1. The molecule has 4 amide bonds. The fourth-order valence-corrected chi connectivity index (χ4v) is 4.58. The molecule has 6 heteroatoms. The van der Waals surface area contributed by atoms with Crippen molar-refractivity contribution in [3.8, 4) is 0 Å². The lowest BCUT2D eigenvalue weighted by molar-refractivity contribution is 0.0549. The highest BCUT2D eigenvalue weighted by atomic mass is 16.2. The van der Waals surface area contributed by atoms with Crippen molar-refractivity contribution in [2.75, 3.05) is 18.4 Å². The van der Waals surface area contributed by atoms with E-state index >= 15 is 0 Å². The maximum atomic E-state index is 12.9. The summed E-state index contributed by atoms with van der Waals surface area (Å²) >= 11 is 0. The Hall–Kier alpha value is -2.37. The molecule has 0 aromatic heterocycles. The molecule has 1 saturated heterocycles. The van der Waals surface area contributed by atoms with Gasteiger partial charge in [0.1, 0.15) is 0 Å². The number of carbonyl (C=O) groups is 3. The van der Waals surface area contributed by atoms with Gasteiger partial charge in [0, 0.05) is 24.8 Å². The zero-order chi connectivity index (χ0) is 19.0. The molecule has 1 unspecified atom stereocenters. The second-order valence-corrected chi connectivity index (χ2v) is 8.16. The summed E-state index contributed by atoms with van der Waals surface area (Å²) in [5.41, 5.74) is 1.44. The third-order valence-electron chi connectivity index (χ3n) is 6.05. The Morgan fingerprint density at radius 2 is 1.74 bits per heavy atom. The summed E-state index contributed by atoms with van der Waals surface area (Å²) in [5, 5.41) is 2.90. The normalized spacial score (nSPS) is 23.5. The van der Waals surface area contributed by atoms with Gasteiger partial charge in [-0.1, -0.05) is 26.2 Å². The predicted molar refractivity (Wildman–Crippen MR) is 103 cm³/mol. The third-order valence-corrected chi connectivity index (χ3v) is 6.05. The Bertz CT molecular complexity index is 770. The van der Waals surface area contributed by atoms with Crippen molar-refractivity contribution in [2.45, 2.75) is 57.9 Å². The lowest BCUT2D eigenvalue weighted by Crippen LogP contribution is -2.41. The fourth-order valence-electron chi connectivity index (χ4n) is 4.58. The van der Waals surface area contributed by atoms with E-state index < -0.39 is 0 Å². The number of rotatable bonds is 2. The van der Waals surface area contributed by atoms with E-state index in [-0.39, 0.29) is 23.9 Å². The molecule has 144 valence electrons. The molecule has 1 aliphatic carbocycles. The van der Waals surface area contributed by atoms with Crippen molar-refractivity contribution in [2.24, 2.45) is 5.92 Å². The Kier molecular flexibility index (Phi) is 4.89. The molecule has 0 spiro atoms. The lowest BCUT2D eigenvalue weighted by Gasteiger charge is -2.31. The third kappa shape index (κ3) is 3.45. The van der Waals surface area contributed by atoms with Crippen LogP contribution >= 0.6 is 0 Å². The minimum Gasteiger partial charge on any atom is -0.324 e. The number of amides is 4. The predicted octanol–water partition coefficient (Wildman–Crippen LogP) is 3.88. The smallest absolute Gasteiger partial charge is 0.321 e. The van der Waals surface area contributed by atoms with Crippen molar-refractivity contribution >= 4 is 23.5 Å². The number of carbonyl (C=O) groups excluding carboxylic acids is 3. The van der Waals surface area contributed by atoms with E-state index in [2.05, 4.69) is 12.2 Å². The van der Waals surface area contributed by atoms with Crippen LogP contribution in [-0.4, -0.2) is 46.8 Å². The highest BCUT2D eigenvalue weighted by Gasteiger charge is 2.40. The maximum absolute atomic E-state index is 12.9. The van der Waals surface area contributed by atoms with Crippen molar-refractivity contribution in [1.82, 2.24) is 9.80 Å². The minimum absolute atomic E-state index is 0.0130. The van der Waals surface area contributed by atoms with Crippen LogP contribution in [0.2, 0.25) is 0 Å². The van der Waals surface area contributed by atoms with Gasteiger partial charge in [0.05, 0.1) is 11.1 Å². The first-order chi connectivity index (χ1) is 13.0. The summed E-state index contributed by atoms with van der Waals surface area (Å²) < 4.78 is 0. The molecule has 6 nitrogen and oxygen atoms in total. The molecule has 2 aliphatic heterocycles. The molecule has 1 N–H and O–H groups in total. The average Bonchev–Trinajstić information content (AvgIpc) is 2.92. The van der Waals surface area contributed by atoms with Gasteiger partial charge in [-0.3, -0.25) is 14.5 Å². The summed E-state index contributed by atoms with van der Waals surface area (Å²) in [7, 11) is 0. The van der Waals surface area contributed by atoms with Crippen LogP contribution in [0, 0.1) is 5.92 Å². The summed E-state index contributed by atoms with van der Waals surface area (Å²) in [6.07, 6.45) is 7.25. The second kappa shape index (κ2) is 7.33. The van der Waals surface area contributed by atoms with Gasteiger partial charge in [-0.15, -0.1) is 0 Å². The molecule has 0 bridgehead atoms. The van der Waals surface area contributed by atoms with E-state index in [0.717, 1.165) is 51.6 Å². The Morgan fingerprint density at radius 3 is 2.48 bits per heavy atom. The molecule has 0 radical (unpaired) electrons. The number of anilines is 1. The Balaban J connectivity index is 1.50. The van der Waals surface area contributed by atoms with Crippen molar-refractivity contribution in [3.05, 3.63) is 29.3 Å². The molecule has 1 aromatic rings. The number of imide groups is 1. The van der Waals surface area contributed by atoms with Gasteiger partial charge in [-0.05, 0) is 49.8 Å². The maximum Gasteiger partial charge on any atom is 0.321 e. The SMILES string of the molecule is CC1CCCN(C(=O)Nc2ccc3c(c2)C(=O)N(C2CCCCC2)C3=O)C1. The first-order valence-corrected chi connectivity index (χ1v) is 10.1. The first-order valence-electron chi connectivity index (χ1n) is 10.1. The van der Waals surface area contributed by atoms with Crippen molar-refractivity contribution in [3.63, 3.8) is 0 Å². The van der Waals surface area contributed by atoms with Crippen LogP contribution in [0.15, 0.2) is 18.2 Å². The molecule has 2 heterocycles. The Morgan fingerprint density at radius 1 is 1.00 bits per heavy atom. The van der Waals surface area contributed by atoms with E-state index in [9.17, 15) is 14.4 Å². The van der Waals surface area contributed by atoms with Gasteiger partial charge in [0.25, 0.3) is 11.8 Å². The number of hydrogen-bond acceptors (Lipinski definition) is 3. The van der Waals surface area contributed by atoms with E-state index in [1.807, 2.05) is 4.90 Å². The van der Waals surface area contributed by atoms with Gasteiger partial charge < -0.3 is 10.2 Å². The molecule has 3 aliphatic rings. The van der Waals surface area contributed by atoms with Crippen molar-refractivity contribution in [1.29, 1.82) is 0 Å². The van der Waals surface area contributed by atoms with Crippen LogP contribution < -0.4 is 5.32 Å². The standard InChI is InChI=1S/C21H27N3O3/c1-14-6-5-11-23(13-14)21(27)22-15-9-10-17-18(12-15)20(26)24(19(17)25)16-7-3-2-4-8-16/h9-10,12,14,16H,2-8,11,13H2,1H3,(H,22,27). The molecule has 2 fully saturated rings. The van der Waals surface area contributed by atoms with E-state index in [1.54, 1.807) is 18.2 Å². The number of hydrogen-bond donors (Lipinski definition) is 1. The molecule has 1 aromatic carbocycles. The van der Waals surface area contributed by atoms with Crippen LogP contribution in [0.3, 0.4) is 0 Å². The molecular weight excluding hydrogens is 342 g/mol. The van der Waals surface area contributed by atoms with E-state index in [0.29, 0.717) is 22.7 Å². The Labute approximate surface area is 159 Å². The van der Waals surface area contributed by atoms with E-state index in [1.165, 1.54) is 11.3 Å². The second-order valence-electron chi connectivity index (χ2n) is 8.16. The number of nitrogens with one attached hydrogen (secondary N) is 1. The molecular formula is C21H27N3O3. The minimum atomic E-state index is -0.218. The van der Waals surface area contributed by atoms with Gasteiger partial charge in [0.2, 0.25) is 0 Å².